The van der Waals surface area contributed by atoms with Gasteiger partial charge in [0.1, 0.15) is 0 Å². The number of aryl methyl sites for hydroxylation is 1. The van der Waals surface area contributed by atoms with Gasteiger partial charge in [-0.05, 0) is 32.0 Å². The Balaban J connectivity index is 0.00000169. The maximum atomic E-state index is 12.4. The second-order valence-corrected chi connectivity index (χ2v) is 6.94. The van der Waals surface area contributed by atoms with Crippen LogP contribution in [0.3, 0.4) is 0 Å². The van der Waals surface area contributed by atoms with Gasteiger partial charge in [-0.1, -0.05) is 34.1 Å². The van der Waals surface area contributed by atoms with Gasteiger partial charge in [0.25, 0.3) is 0 Å². The van der Waals surface area contributed by atoms with Crippen molar-refractivity contribution in [1.29, 1.82) is 0 Å². The highest BCUT2D eigenvalue weighted by Crippen LogP contribution is 2.28. The summed E-state index contributed by atoms with van der Waals surface area (Å²) in [6.45, 7) is 1.97. The molecule has 3 rings (SSSR count). The quantitative estimate of drug-likeness (QED) is 0.723. The molecular weight excluding hydrogens is 441 g/mol. The van der Waals surface area contributed by atoms with Gasteiger partial charge in [0.15, 0.2) is 11.7 Å². The largest absolute Gasteiger partial charge is 0.441 e. The highest BCUT2D eigenvalue weighted by atomic mass is 79.9. The molecule has 1 amide bonds. The van der Waals surface area contributed by atoms with E-state index in [1.54, 1.807) is 6.20 Å². The van der Waals surface area contributed by atoms with Gasteiger partial charge in [-0.2, -0.15) is 0 Å². The highest BCUT2D eigenvalue weighted by molar-refractivity contribution is 9.10. The van der Waals surface area contributed by atoms with Crippen molar-refractivity contribution >= 4 is 46.7 Å². The van der Waals surface area contributed by atoms with Gasteiger partial charge in [0, 0.05) is 36.0 Å². The lowest BCUT2D eigenvalue weighted by Gasteiger charge is -2.31. The molecule has 2 heterocycles. The molecule has 1 saturated heterocycles. The van der Waals surface area contributed by atoms with Crippen molar-refractivity contribution in [2.24, 2.45) is 0 Å². The molecule has 1 fully saturated rings. The molecule has 0 radical (unpaired) electrons. The molecule has 1 N–H and O–H groups in total. The van der Waals surface area contributed by atoms with Gasteiger partial charge in [-0.3, -0.25) is 4.79 Å². The lowest BCUT2D eigenvalue weighted by atomic mass is 10.0. The van der Waals surface area contributed by atoms with E-state index in [1.807, 2.05) is 36.2 Å². The zero-order chi connectivity index (χ0) is 16.9. The third-order valence-electron chi connectivity index (χ3n) is 4.50. The number of rotatable bonds is 5. The van der Waals surface area contributed by atoms with Gasteiger partial charge < -0.3 is 14.6 Å². The molecule has 5 nitrogen and oxygen atoms in total. The number of nitrogens with one attached hydrogen (secondary N) is 1. The molecule has 0 atom stereocenters. The fourth-order valence-corrected chi connectivity index (χ4v) is 3.48. The van der Waals surface area contributed by atoms with E-state index in [4.69, 9.17) is 4.42 Å². The van der Waals surface area contributed by atoms with E-state index in [-0.39, 0.29) is 30.7 Å². The first-order valence-electron chi connectivity index (χ1n) is 8.31. The Kier molecular flexibility index (Phi) is 9.64. The summed E-state index contributed by atoms with van der Waals surface area (Å²) in [5.41, 5.74) is 0.967. The first-order valence-corrected chi connectivity index (χ1v) is 9.10. The maximum absolute atomic E-state index is 12.4. The molecule has 0 aliphatic carbocycles. The summed E-state index contributed by atoms with van der Waals surface area (Å²) in [4.78, 5) is 18.6. The van der Waals surface area contributed by atoms with Gasteiger partial charge >= 0.3 is 0 Å². The van der Waals surface area contributed by atoms with Gasteiger partial charge in [-0.25, -0.2) is 4.98 Å². The summed E-state index contributed by atoms with van der Waals surface area (Å²) in [7, 11) is 1.90. The highest BCUT2D eigenvalue weighted by Gasteiger charge is 2.22. The Labute approximate surface area is 174 Å². The minimum atomic E-state index is 0. The molecule has 0 unspecified atom stereocenters. The minimum Gasteiger partial charge on any atom is -0.441 e. The fraction of sp³-hybridized carbons (Fsp3) is 0.444. The molecule has 144 valence electrons. The molecule has 1 aromatic carbocycles. The summed E-state index contributed by atoms with van der Waals surface area (Å²) in [6, 6.07) is 8.21. The Morgan fingerprint density at radius 1 is 1.31 bits per heavy atom. The van der Waals surface area contributed by atoms with E-state index in [0.29, 0.717) is 24.8 Å². The molecule has 0 saturated carbocycles. The van der Waals surface area contributed by atoms with Crippen molar-refractivity contribution in [2.45, 2.75) is 31.7 Å². The van der Waals surface area contributed by atoms with Crippen LogP contribution >= 0.6 is 40.7 Å². The zero-order valence-corrected chi connectivity index (χ0v) is 17.8. The Bertz CT molecular complexity index is 705. The van der Waals surface area contributed by atoms with Crippen molar-refractivity contribution in [1.82, 2.24) is 15.2 Å². The number of hydrogen-bond donors (Lipinski definition) is 1. The van der Waals surface area contributed by atoms with Crippen molar-refractivity contribution in [3.8, 4) is 11.3 Å². The monoisotopic (exact) mass is 463 g/mol. The number of piperidine rings is 1. The summed E-state index contributed by atoms with van der Waals surface area (Å²) < 4.78 is 6.77. The Morgan fingerprint density at radius 3 is 2.69 bits per heavy atom. The summed E-state index contributed by atoms with van der Waals surface area (Å²) >= 11 is 3.51. The molecular formula is C18H24BrCl2N3O2. The predicted octanol–water partition coefficient (Wildman–Crippen LogP) is 4.09. The smallest absolute Gasteiger partial charge is 0.223 e. The second-order valence-electron chi connectivity index (χ2n) is 6.08. The normalized spacial score (nSPS) is 14.2. The molecule has 2 aromatic rings. The third-order valence-corrected chi connectivity index (χ3v) is 5.19. The SMILES string of the molecule is CN(C(=O)CCc1ncc(-c2ccccc2Br)o1)C1CCNCC1.Cl.Cl. The first-order chi connectivity index (χ1) is 11.6. The van der Waals surface area contributed by atoms with Crippen LogP contribution in [-0.2, 0) is 11.2 Å². The van der Waals surface area contributed by atoms with Crippen LogP contribution in [0.5, 0.6) is 0 Å². The predicted molar refractivity (Wildman–Crippen MR) is 111 cm³/mol. The molecule has 8 heteroatoms. The number of hydrogen-bond acceptors (Lipinski definition) is 4. The zero-order valence-electron chi connectivity index (χ0n) is 14.6. The van der Waals surface area contributed by atoms with Crippen molar-refractivity contribution in [3.05, 3.63) is 40.8 Å². The standard InChI is InChI=1S/C18H22BrN3O2.2ClH/c1-22(13-8-10-20-11-9-13)18(23)7-6-17-21-12-16(24-17)14-4-2-3-5-15(14)19;;/h2-5,12-13,20H,6-11H2,1H3;2*1H. The fourth-order valence-electron chi connectivity index (χ4n) is 3.00. The number of carbonyl (C=O) groups is 1. The van der Waals surface area contributed by atoms with Crippen molar-refractivity contribution < 1.29 is 9.21 Å². The first kappa shape index (κ1) is 23.0. The van der Waals surface area contributed by atoms with E-state index in [1.165, 1.54) is 0 Å². The summed E-state index contributed by atoms with van der Waals surface area (Å²) in [5.74, 6) is 1.48. The molecule has 0 bridgehead atoms. The lowest BCUT2D eigenvalue weighted by Crippen LogP contribution is -2.44. The van der Waals surface area contributed by atoms with Crippen LogP contribution in [0, 0.1) is 0 Å². The molecule has 0 spiro atoms. The van der Waals surface area contributed by atoms with E-state index < -0.39 is 0 Å². The Hall–Kier alpha value is -1.08. The topological polar surface area (TPSA) is 58.4 Å². The van der Waals surface area contributed by atoms with Crippen LogP contribution in [-0.4, -0.2) is 42.0 Å². The van der Waals surface area contributed by atoms with Crippen molar-refractivity contribution in [2.75, 3.05) is 20.1 Å². The molecule has 1 aliphatic heterocycles. The summed E-state index contributed by atoms with van der Waals surface area (Å²) in [5, 5.41) is 3.32. The number of halogens is 3. The van der Waals surface area contributed by atoms with E-state index in [9.17, 15) is 4.79 Å². The average Bonchev–Trinajstić information content (AvgIpc) is 3.09. The molecule has 1 aromatic heterocycles. The maximum Gasteiger partial charge on any atom is 0.223 e. The molecule has 26 heavy (non-hydrogen) atoms. The number of oxazole rings is 1. The van der Waals surface area contributed by atoms with Gasteiger partial charge in [-0.15, -0.1) is 24.8 Å². The number of aromatic nitrogens is 1. The third kappa shape index (κ3) is 5.71. The molecule has 1 aliphatic rings. The van der Waals surface area contributed by atoms with Gasteiger partial charge in [0.05, 0.1) is 6.20 Å². The van der Waals surface area contributed by atoms with Crippen LogP contribution in [0.1, 0.15) is 25.2 Å². The number of amides is 1. The van der Waals surface area contributed by atoms with Gasteiger partial charge in [0.2, 0.25) is 5.91 Å². The summed E-state index contributed by atoms with van der Waals surface area (Å²) in [6.07, 6.45) is 4.71. The van der Waals surface area contributed by atoms with Crippen LogP contribution < -0.4 is 5.32 Å². The van der Waals surface area contributed by atoms with Crippen LogP contribution in [0.25, 0.3) is 11.3 Å². The van der Waals surface area contributed by atoms with E-state index >= 15 is 0 Å². The van der Waals surface area contributed by atoms with Crippen molar-refractivity contribution in [3.63, 3.8) is 0 Å². The van der Waals surface area contributed by atoms with E-state index in [2.05, 4.69) is 26.2 Å². The Morgan fingerprint density at radius 2 is 2.00 bits per heavy atom. The van der Waals surface area contributed by atoms with Crippen LogP contribution in [0.4, 0.5) is 0 Å². The number of nitrogens with zero attached hydrogens (tertiary/aromatic N) is 2. The van der Waals surface area contributed by atoms with E-state index in [0.717, 1.165) is 41.7 Å². The number of carbonyl (C=O) groups excluding carboxylic acids is 1. The second kappa shape index (κ2) is 10.9. The minimum absolute atomic E-state index is 0. The van der Waals surface area contributed by atoms with Crippen LogP contribution in [0.15, 0.2) is 39.4 Å². The number of benzene rings is 1. The average molecular weight is 465 g/mol. The lowest BCUT2D eigenvalue weighted by molar-refractivity contribution is -0.132. The van der Waals surface area contributed by atoms with Crippen LogP contribution in [0.2, 0.25) is 0 Å².